The van der Waals surface area contributed by atoms with E-state index in [9.17, 15) is 4.39 Å². The summed E-state index contributed by atoms with van der Waals surface area (Å²) in [6, 6.07) is 14.2. The van der Waals surface area contributed by atoms with Crippen LogP contribution in [0.25, 0.3) is 17.3 Å². The predicted octanol–water partition coefficient (Wildman–Crippen LogP) is 4.70. The highest BCUT2D eigenvalue weighted by molar-refractivity contribution is 5.63. The van der Waals surface area contributed by atoms with E-state index in [2.05, 4.69) is 16.8 Å². The summed E-state index contributed by atoms with van der Waals surface area (Å²) >= 11 is 0. The smallest absolute Gasteiger partial charge is 0.153 e. The van der Waals surface area contributed by atoms with E-state index in [1.54, 1.807) is 16.9 Å². The molecule has 1 unspecified atom stereocenters. The minimum atomic E-state index is -0.243. The van der Waals surface area contributed by atoms with Crippen molar-refractivity contribution < 1.29 is 9.13 Å². The Balaban J connectivity index is 1.79. The molecule has 150 valence electrons. The van der Waals surface area contributed by atoms with Crippen LogP contribution in [0.1, 0.15) is 31.2 Å². The summed E-state index contributed by atoms with van der Waals surface area (Å²) in [7, 11) is 0. The molecule has 0 radical (unpaired) electrons. The van der Waals surface area contributed by atoms with Crippen molar-refractivity contribution in [3.8, 4) is 17.0 Å². The van der Waals surface area contributed by atoms with Crippen LogP contribution < -0.4 is 10.5 Å². The third-order valence-corrected chi connectivity index (χ3v) is 4.48. The first-order chi connectivity index (χ1) is 14.0. The summed E-state index contributed by atoms with van der Waals surface area (Å²) in [6.45, 7) is 8.02. The second-order valence-corrected chi connectivity index (χ2v) is 6.97. The summed E-state index contributed by atoms with van der Waals surface area (Å²) in [6.07, 6.45) is 5.58. The number of ether oxygens (including phenoxy) is 1. The van der Waals surface area contributed by atoms with Gasteiger partial charge in [-0.2, -0.15) is 5.10 Å². The molecule has 0 bridgehead atoms. The average Bonchev–Trinajstić information content (AvgIpc) is 3.13. The fourth-order valence-corrected chi connectivity index (χ4v) is 2.90. The van der Waals surface area contributed by atoms with Gasteiger partial charge in [-0.15, -0.1) is 0 Å². The molecule has 6 heteroatoms. The molecule has 0 saturated heterocycles. The topological polar surface area (TPSA) is 65.4 Å². The fourth-order valence-electron chi connectivity index (χ4n) is 2.90. The van der Waals surface area contributed by atoms with Crippen molar-refractivity contribution in [2.75, 3.05) is 6.61 Å². The highest BCUT2D eigenvalue weighted by atomic mass is 19.1. The van der Waals surface area contributed by atoms with E-state index in [1.165, 1.54) is 12.1 Å². The Bertz CT molecular complexity index is 992. The predicted molar refractivity (Wildman–Crippen MR) is 116 cm³/mol. The number of rotatable bonds is 8. The SMILES string of the molecule is C=Nn1c(-c2ccc(OC[C@H](C)N)cc2)cnc1/C=C\C(C)c1cccc(F)c1. The molecule has 0 aliphatic rings. The number of aromatic nitrogens is 2. The van der Waals surface area contributed by atoms with Gasteiger partial charge in [-0.25, -0.2) is 14.1 Å². The lowest BCUT2D eigenvalue weighted by molar-refractivity contribution is 0.296. The zero-order valence-electron chi connectivity index (χ0n) is 16.6. The van der Waals surface area contributed by atoms with Gasteiger partial charge in [0.2, 0.25) is 0 Å². The molecule has 2 atom stereocenters. The Morgan fingerprint density at radius 1 is 1.24 bits per heavy atom. The van der Waals surface area contributed by atoms with Crippen LogP contribution >= 0.6 is 0 Å². The highest BCUT2D eigenvalue weighted by Gasteiger charge is 2.10. The van der Waals surface area contributed by atoms with Gasteiger partial charge in [0.25, 0.3) is 0 Å². The number of benzene rings is 2. The maximum atomic E-state index is 13.4. The van der Waals surface area contributed by atoms with E-state index in [4.69, 9.17) is 10.5 Å². The molecule has 2 aromatic carbocycles. The summed E-state index contributed by atoms with van der Waals surface area (Å²) < 4.78 is 20.7. The molecule has 0 spiro atoms. The lowest BCUT2D eigenvalue weighted by Gasteiger charge is -2.10. The van der Waals surface area contributed by atoms with Crippen LogP contribution in [0.2, 0.25) is 0 Å². The summed E-state index contributed by atoms with van der Waals surface area (Å²) in [5.41, 5.74) is 8.37. The molecule has 1 aromatic heterocycles. The average molecular weight is 392 g/mol. The van der Waals surface area contributed by atoms with Crippen molar-refractivity contribution in [3.63, 3.8) is 0 Å². The fraction of sp³-hybridized carbons (Fsp3) is 0.217. The van der Waals surface area contributed by atoms with Gasteiger partial charge >= 0.3 is 0 Å². The lowest BCUT2D eigenvalue weighted by Crippen LogP contribution is -2.23. The normalized spacial score (nSPS) is 13.4. The number of nitrogens with two attached hydrogens (primary N) is 1. The quantitative estimate of drug-likeness (QED) is 0.565. The molecule has 2 N–H and O–H groups in total. The molecule has 0 amide bonds. The Hall–Kier alpha value is -3.25. The molecule has 1 heterocycles. The third-order valence-electron chi connectivity index (χ3n) is 4.48. The van der Waals surface area contributed by atoms with Gasteiger partial charge < -0.3 is 10.5 Å². The van der Waals surface area contributed by atoms with Crippen molar-refractivity contribution in [2.45, 2.75) is 25.8 Å². The Morgan fingerprint density at radius 2 is 2.00 bits per heavy atom. The van der Waals surface area contributed by atoms with E-state index in [1.807, 2.05) is 56.3 Å². The second-order valence-electron chi connectivity index (χ2n) is 6.97. The maximum Gasteiger partial charge on any atom is 0.153 e. The van der Waals surface area contributed by atoms with Gasteiger partial charge in [0.15, 0.2) is 5.82 Å². The molecule has 3 rings (SSSR count). The largest absolute Gasteiger partial charge is 0.492 e. The van der Waals surface area contributed by atoms with Gasteiger partial charge in [-0.3, -0.25) is 0 Å². The second kappa shape index (κ2) is 9.30. The number of hydrogen-bond acceptors (Lipinski definition) is 4. The van der Waals surface area contributed by atoms with Gasteiger partial charge in [-0.1, -0.05) is 25.1 Å². The van der Waals surface area contributed by atoms with Crippen LogP contribution in [-0.2, 0) is 0 Å². The number of allylic oxidation sites excluding steroid dienone is 1. The van der Waals surface area contributed by atoms with Crippen molar-refractivity contribution in [2.24, 2.45) is 10.8 Å². The molecular weight excluding hydrogens is 367 g/mol. The molecule has 0 aliphatic heterocycles. The van der Waals surface area contributed by atoms with Crippen LogP contribution in [0.15, 0.2) is 65.9 Å². The monoisotopic (exact) mass is 392 g/mol. The molecular formula is C23H25FN4O. The van der Waals surface area contributed by atoms with Gasteiger partial charge in [0.1, 0.15) is 18.2 Å². The van der Waals surface area contributed by atoms with Crippen LogP contribution in [0, 0.1) is 5.82 Å². The lowest BCUT2D eigenvalue weighted by atomic mass is 10.0. The number of nitrogens with zero attached hydrogens (tertiary/aromatic N) is 3. The van der Waals surface area contributed by atoms with Crippen molar-refractivity contribution in [1.29, 1.82) is 0 Å². The summed E-state index contributed by atoms with van der Waals surface area (Å²) in [4.78, 5) is 4.45. The van der Waals surface area contributed by atoms with Crippen molar-refractivity contribution in [3.05, 3.63) is 78.0 Å². The van der Waals surface area contributed by atoms with Gasteiger partial charge in [0.05, 0.1) is 11.9 Å². The minimum Gasteiger partial charge on any atom is -0.492 e. The van der Waals surface area contributed by atoms with E-state index < -0.39 is 0 Å². The molecule has 5 nitrogen and oxygen atoms in total. The molecule has 0 fully saturated rings. The Morgan fingerprint density at radius 3 is 2.66 bits per heavy atom. The molecule has 29 heavy (non-hydrogen) atoms. The first-order valence-corrected chi connectivity index (χ1v) is 9.45. The highest BCUT2D eigenvalue weighted by Crippen LogP contribution is 2.25. The third kappa shape index (κ3) is 5.18. The first kappa shape index (κ1) is 20.5. The van der Waals surface area contributed by atoms with Crippen LogP contribution in [-0.4, -0.2) is 29.0 Å². The number of hydrogen-bond donors (Lipinski definition) is 1. The molecule has 0 aliphatic carbocycles. The van der Waals surface area contributed by atoms with Crippen LogP contribution in [0.4, 0.5) is 4.39 Å². The zero-order valence-corrected chi connectivity index (χ0v) is 16.6. The maximum absolute atomic E-state index is 13.4. The first-order valence-electron chi connectivity index (χ1n) is 9.45. The molecule has 3 aromatic rings. The Labute approximate surface area is 170 Å². The summed E-state index contributed by atoms with van der Waals surface area (Å²) in [5, 5.41) is 4.10. The minimum absolute atomic E-state index is 0.0230. The van der Waals surface area contributed by atoms with E-state index in [0.29, 0.717) is 12.4 Å². The van der Waals surface area contributed by atoms with Crippen LogP contribution in [0.3, 0.4) is 0 Å². The summed E-state index contributed by atoms with van der Waals surface area (Å²) in [5.74, 6) is 1.20. The van der Waals surface area contributed by atoms with Crippen molar-refractivity contribution >= 4 is 12.8 Å². The molecule has 0 saturated carbocycles. The van der Waals surface area contributed by atoms with Gasteiger partial charge in [0, 0.05) is 18.3 Å². The van der Waals surface area contributed by atoms with Crippen molar-refractivity contribution in [1.82, 2.24) is 9.66 Å². The Kier molecular flexibility index (Phi) is 6.57. The zero-order chi connectivity index (χ0) is 20.8. The van der Waals surface area contributed by atoms with E-state index in [0.717, 1.165) is 22.6 Å². The number of imidazole rings is 1. The van der Waals surface area contributed by atoms with E-state index >= 15 is 0 Å². The van der Waals surface area contributed by atoms with E-state index in [-0.39, 0.29) is 17.8 Å². The van der Waals surface area contributed by atoms with Gasteiger partial charge in [-0.05, 0) is 60.9 Å². The van der Waals surface area contributed by atoms with Crippen LogP contribution in [0.5, 0.6) is 5.75 Å². The standard InChI is InChI=1S/C23H25FN4O/c1-16(19-5-4-6-20(24)13-19)7-12-23-27-14-22(28(23)26-3)18-8-10-21(11-9-18)29-15-17(2)25/h4-14,16-17H,3,15,25H2,1-2H3/b12-7-/t16?,17-/m0/s1. The number of halogens is 1.